The summed E-state index contributed by atoms with van der Waals surface area (Å²) in [5.74, 6) is 0.727. The summed E-state index contributed by atoms with van der Waals surface area (Å²) in [6.45, 7) is 0. The van der Waals surface area contributed by atoms with Crippen molar-refractivity contribution >= 4 is 31.5 Å². The largest absolute Gasteiger partial charge is 0.228 e. The first-order valence-electron chi connectivity index (χ1n) is 14.4. The van der Waals surface area contributed by atoms with E-state index in [1.54, 1.807) is 0 Å². The van der Waals surface area contributed by atoms with Crippen LogP contribution in [0.1, 0.15) is 0 Å². The third-order valence-electron chi connectivity index (χ3n) is 7.94. The van der Waals surface area contributed by atoms with Gasteiger partial charge in [0.1, 0.15) is 0 Å². The van der Waals surface area contributed by atoms with Crippen LogP contribution < -0.4 is 0 Å². The monoisotopic (exact) mass is 566 g/mol. The number of thiophene rings is 1. The second-order valence-corrected chi connectivity index (χ2v) is 11.7. The Balaban J connectivity index is 1.13. The predicted octanol–water partition coefficient (Wildman–Crippen LogP) is 11.2. The highest BCUT2D eigenvalue weighted by atomic mass is 32.1. The molecule has 6 aromatic carbocycles. The molecule has 2 heterocycles. The maximum absolute atomic E-state index is 4.98. The average molecular weight is 567 g/mol. The molecule has 0 amide bonds. The van der Waals surface area contributed by atoms with Gasteiger partial charge in [-0.3, -0.25) is 0 Å². The van der Waals surface area contributed by atoms with Crippen LogP contribution in [0.25, 0.3) is 76.3 Å². The van der Waals surface area contributed by atoms with Gasteiger partial charge < -0.3 is 0 Å². The van der Waals surface area contributed by atoms with Crippen molar-refractivity contribution in [3.63, 3.8) is 0 Å². The molecule has 0 aliphatic rings. The molecular weight excluding hydrogens is 541 g/mol. The van der Waals surface area contributed by atoms with Crippen molar-refractivity contribution in [2.24, 2.45) is 0 Å². The summed E-state index contributed by atoms with van der Waals surface area (Å²) < 4.78 is 2.67. The van der Waals surface area contributed by atoms with Crippen LogP contribution in [0.5, 0.6) is 0 Å². The molecule has 3 heteroatoms. The molecule has 0 fully saturated rings. The number of benzene rings is 6. The fraction of sp³-hybridized carbons (Fsp3) is 0. The van der Waals surface area contributed by atoms with Crippen LogP contribution in [0.2, 0.25) is 0 Å². The smallest absolute Gasteiger partial charge is 0.160 e. The first kappa shape index (κ1) is 25.3. The van der Waals surface area contributed by atoms with Gasteiger partial charge in [-0.2, -0.15) is 0 Å². The quantitative estimate of drug-likeness (QED) is 0.207. The molecule has 8 aromatic rings. The van der Waals surface area contributed by atoms with Gasteiger partial charge in [0.15, 0.2) is 5.82 Å². The summed E-state index contributed by atoms with van der Waals surface area (Å²) in [6, 6.07) is 55.5. The number of fused-ring (bicyclic) bond motifs is 3. The second-order valence-electron chi connectivity index (χ2n) is 10.6. The maximum atomic E-state index is 4.98. The third kappa shape index (κ3) is 4.80. The maximum Gasteiger partial charge on any atom is 0.160 e. The van der Waals surface area contributed by atoms with Crippen LogP contribution in [0.15, 0.2) is 158 Å². The molecule has 2 aromatic heterocycles. The van der Waals surface area contributed by atoms with E-state index in [1.165, 1.54) is 42.4 Å². The topological polar surface area (TPSA) is 25.8 Å². The van der Waals surface area contributed by atoms with Crippen LogP contribution in [-0.2, 0) is 0 Å². The van der Waals surface area contributed by atoms with Crippen molar-refractivity contribution in [1.82, 2.24) is 9.97 Å². The molecule has 0 unspecified atom stereocenters. The number of nitrogens with zero attached hydrogens (tertiary/aromatic N) is 2. The van der Waals surface area contributed by atoms with Crippen LogP contribution in [-0.4, -0.2) is 9.97 Å². The molecule has 0 aliphatic heterocycles. The zero-order valence-electron chi connectivity index (χ0n) is 23.3. The van der Waals surface area contributed by atoms with E-state index in [-0.39, 0.29) is 0 Å². The Bertz CT molecular complexity index is 2140. The zero-order valence-corrected chi connectivity index (χ0v) is 24.1. The lowest BCUT2D eigenvalue weighted by molar-refractivity contribution is 1.18. The van der Waals surface area contributed by atoms with Gasteiger partial charge in [-0.1, -0.05) is 146 Å². The molecule has 8 rings (SSSR count). The third-order valence-corrected chi connectivity index (χ3v) is 9.16. The first-order valence-corrected chi connectivity index (χ1v) is 15.2. The van der Waals surface area contributed by atoms with E-state index in [1.807, 2.05) is 47.7 Å². The van der Waals surface area contributed by atoms with Gasteiger partial charge in [0, 0.05) is 36.9 Å². The highest BCUT2D eigenvalue weighted by Gasteiger charge is 2.12. The number of hydrogen-bond acceptors (Lipinski definition) is 3. The van der Waals surface area contributed by atoms with Crippen molar-refractivity contribution < 1.29 is 0 Å². The Morgan fingerprint density at radius 3 is 1.56 bits per heavy atom. The van der Waals surface area contributed by atoms with E-state index in [2.05, 4.69) is 121 Å². The van der Waals surface area contributed by atoms with Gasteiger partial charge in [-0.15, -0.1) is 11.3 Å². The minimum Gasteiger partial charge on any atom is -0.228 e. The lowest BCUT2D eigenvalue weighted by atomic mass is 9.98. The fourth-order valence-electron chi connectivity index (χ4n) is 5.72. The van der Waals surface area contributed by atoms with Crippen molar-refractivity contribution in [1.29, 1.82) is 0 Å². The molecule has 0 bridgehead atoms. The molecule has 202 valence electrons. The Labute approximate surface area is 254 Å². The Hall–Kier alpha value is -5.38. The highest BCUT2D eigenvalue weighted by Crippen LogP contribution is 2.40. The molecule has 0 aliphatic carbocycles. The zero-order chi connectivity index (χ0) is 28.6. The molecule has 0 spiro atoms. The lowest BCUT2D eigenvalue weighted by Gasteiger charge is -2.10. The minimum atomic E-state index is 0.727. The van der Waals surface area contributed by atoms with Crippen molar-refractivity contribution in [3.05, 3.63) is 158 Å². The normalized spacial score (nSPS) is 11.3. The molecule has 0 N–H and O–H groups in total. The van der Waals surface area contributed by atoms with E-state index in [0.717, 1.165) is 33.9 Å². The van der Waals surface area contributed by atoms with Crippen molar-refractivity contribution in [2.75, 3.05) is 0 Å². The summed E-state index contributed by atoms with van der Waals surface area (Å²) in [5, 5.41) is 2.66. The second kappa shape index (κ2) is 10.8. The Kier molecular flexibility index (Phi) is 6.36. The summed E-state index contributed by atoms with van der Waals surface area (Å²) in [5.41, 5.74) is 9.86. The SMILES string of the molecule is c1ccc(-c2cc(-c3ccc(-c4ccc(-c5cccc6c5sc5ccccc56)cc4)cc3)nc(-c3ccccc3)n2)cc1. The predicted molar refractivity (Wildman–Crippen MR) is 182 cm³/mol. The van der Waals surface area contributed by atoms with E-state index in [9.17, 15) is 0 Å². The average Bonchev–Trinajstić information content (AvgIpc) is 3.48. The van der Waals surface area contributed by atoms with Gasteiger partial charge in [-0.05, 0) is 34.4 Å². The molecule has 2 nitrogen and oxygen atoms in total. The van der Waals surface area contributed by atoms with E-state index >= 15 is 0 Å². The summed E-state index contributed by atoms with van der Waals surface area (Å²) in [7, 11) is 0. The van der Waals surface area contributed by atoms with E-state index in [0.29, 0.717) is 0 Å². The molecular formula is C40H26N2S. The van der Waals surface area contributed by atoms with Crippen molar-refractivity contribution in [3.8, 4) is 56.2 Å². The summed E-state index contributed by atoms with van der Waals surface area (Å²) in [4.78, 5) is 9.90. The lowest BCUT2D eigenvalue weighted by Crippen LogP contribution is -1.95. The van der Waals surface area contributed by atoms with Gasteiger partial charge in [0.25, 0.3) is 0 Å². The summed E-state index contributed by atoms with van der Waals surface area (Å²) >= 11 is 1.87. The Morgan fingerprint density at radius 2 is 0.884 bits per heavy atom. The van der Waals surface area contributed by atoms with Gasteiger partial charge >= 0.3 is 0 Å². The first-order chi connectivity index (χ1) is 21.3. The Morgan fingerprint density at radius 1 is 0.372 bits per heavy atom. The van der Waals surface area contributed by atoms with Crippen molar-refractivity contribution in [2.45, 2.75) is 0 Å². The minimum absolute atomic E-state index is 0.727. The van der Waals surface area contributed by atoms with Crippen LogP contribution in [0.3, 0.4) is 0 Å². The van der Waals surface area contributed by atoms with Gasteiger partial charge in [0.05, 0.1) is 11.4 Å². The highest BCUT2D eigenvalue weighted by molar-refractivity contribution is 7.26. The van der Waals surface area contributed by atoms with Crippen LogP contribution >= 0.6 is 11.3 Å². The molecule has 0 atom stereocenters. The number of rotatable bonds is 5. The molecule has 0 radical (unpaired) electrons. The van der Waals surface area contributed by atoms with E-state index in [4.69, 9.17) is 9.97 Å². The summed E-state index contributed by atoms with van der Waals surface area (Å²) in [6.07, 6.45) is 0. The van der Waals surface area contributed by atoms with E-state index < -0.39 is 0 Å². The number of hydrogen-bond donors (Lipinski definition) is 0. The van der Waals surface area contributed by atoms with Crippen LogP contribution in [0.4, 0.5) is 0 Å². The van der Waals surface area contributed by atoms with Gasteiger partial charge in [0.2, 0.25) is 0 Å². The van der Waals surface area contributed by atoms with Gasteiger partial charge in [-0.25, -0.2) is 9.97 Å². The van der Waals surface area contributed by atoms with Crippen LogP contribution in [0, 0.1) is 0 Å². The number of aromatic nitrogens is 2. The molecule has 43 heavy (non-hydrogen) atoms. The standard InChI is InChI=1S/C40H26N2S/c1-3-10-30(11-4-1)36-26-37(42-40(41-36)32-12-5-2-6-13-32)31-24-20-28(21-25-31)27-18-22-29(23-19-27)33-15-9-16-35-34-14-7-8-17-38(34)43-39(33)35/h1-26H. The molecule has 0 saturated carbocycles. The fourth-order valence-corrected chi connectivity index (χ4v) is 6.96. The molecule has 0 saturated heterocycles.